The molecule has 2 heterocycles. The van der Waals surface area contributed by atoms with Gasteiger partial charge in [0.2, 0.25) is 0 Å². The molecule has 4 aromatic carbocycles. The van der Waals surface area contributed by atoms with E-state index in [1.165, 1.54) is 0 Å². The first kappa shape index (κ1) is 43.9. The number of nitrogens with zero attached hydrogens (tertiary/aromatic N) is 3. The molecule has 6 rings (SSSR count). The average Bonchev–Trinajstić information content (AvgIpc) is 3.61. The highest BCUT2D eigenvalue weighted by Gasteiger charge is 2.46. The largest absolute Gasteiger partial charge is 0.481 e. The summed E-state index contributed by atoms with van der Waals surface area (Å²) >= 11 is 0. The van der Waals surface area contributed by atoms with Gasteiger partial charge in [0, 0.05) is 24.5 Å². The van der Waals surface area contributed by atoms with Crippen LogP contribution in [-0.2, 0) is 39.5 Å². The number of hydrogen-bond donors (Lipinski definition) is 4. The van der Waals surface area contributed by atoms with E-state index >= 15 is 4.79 Å². The van der Waals surface area contributed by atoms with Gasteiger partial charge in [-0.2, -0.15) is 5.10 Å². The van der Waals surface area contributed by atoms with E-state index < -0.39 is 31.9 Å². The molecule has 0 unspecified atom stereocenters. The monoisotopic (exact) mass is 825 g/mol. The van der Waals surface area contributed by atoms with Crippen LogP contribution in [-0.4, -0.2) is 86.1 Å². The van der Waals surface area contributed by atoms with E-state index in [0.29, 0.717) is 31.8 Å². The van der Waals surface area contributed by atoms with Gasteiger partial charge in [0.1, 0.15) is 18.0 Å². The van der Waals surface area contributed by atoms with Gasteiger partial charge in [-0.15, -0.1) is 0 Å². The number of urea groups is 1. The molecule has 0 saturated carbocycles. The molecule has 1 fully saturated rings. The molecule has 2 amide bonds. The Bertz CT molecular complexity index is 2100. The van der Waals surface area contributed by atoms with E-state index in [0.717, 1.165) is 64.7 Å². The number of ether oxygens (including phenoxy) is 1. The maximum Gasteiger partial charge on any atom is 0.367 e. The standard InChI is InChI=1S/C46H60N5O7P/c1-5-7-24-57-59(55,58-25-8-6-2)32-56-38-21-15-20-36(26-38)30-50-41(28-34-16-11-9-12-17-34)43(52)44(53)42(29-35-18-13-10-14-19-35)51(46(50)54)31-37-22-23-40-39(27-37)45(49-48-40)47-33(3)4/h9-23,26-27,33,41-44,52-53H,5-8,24-25,28-32H2,1-4H3,(H2,47,48,49)/t41-,42-,43+,44+/m1/s1. The van der Waals surface area contributed by atoms with Crippen LogP contribution in [0.1, 0.15) is 75.6 Å². The van der Waals surface area contributed by atoms with Crippen LogP contribution in [0, 0.1) is 0 Å². The molecule has 1 aliphatic rings. The van der Waals surface area contributed by atoms with Gasteiger partial charge in [0.25, 0.3) is 0 Å². The number of benzene rings is 4. The van der Waals surface area contributed by atoms with Crippen molar-refractivity contribution in [1.29, 1.82) is 0 Å². The molecule has 13 heteroatoms. The number of aliphatic hydroxyl groups excluding tert-OH is 2. The third-order valence-electron chi connectivity index (χ3n) is 10.6. The molecule has 1 aromatic heterocycles. The third-order valence-corrected chi connectivity index (χ3v) is 12.2. The molecule has 0 bridgehead atoms. The number of fused-ring (bicyclic) bond motifs is 1. The second-order valence-electron chi connectivity index (χ2n) is 15.7. The summed E-state index contributed by atoms with van der Waals surface area (Å²) < 4.78 is 31.3. The average molecular weight is 826 g/mol. The maximum absolute atomic E-state index is 15.4. The summed E-state index contributed by atoms with van der Waals surface area (Å²) in [5, 5.41) is 36.3. The zero-order valence-electron chi connectivity index (χ0n) is 34.7. The first-order valence-electron chi connectivity index (χ1n) is 20.9. The SMILES string of the molecule is CCCCOP(=O)(COc1cccc(CN2C(=O)N(Cc3ccc4[nH]nc(NC(C)C)c4c3)[C@H](Cc3ccccc3)[C@H](O)[C@@H](O)[C@H]2Cc2ccccc2)c1)OCCCC. The van der Waals surface area contributed by atoms with Crippen LogP contribution < -0.4 is 10.1 Å². The lowest BCUT2D eigenvalue weighted by Gasteiger charge is -2.36. The smallest absolute Gasteiger partial charge is 0.367 e. The van der Waals surface area contributed by atoms with Crippen molar-refractivity contribution in [3.63, 3.8) is 0 Å². The number of carbonyl (C=O) groups is 1. The van der Waals surface area contributed by atoms with E-state index in [9.17, 15) is 14.8 Å². The number of carbonyl (C=O) groups excluding carboxylic acids is 1. The van der Waals surface area contributed by atoms with Gasteiger partial charge in [-0.3, -0.25) is 9.66 Å². The summed E-state index contributed by atoms with van der Waals surface area (Å²) in [6.45, 7) is 9.07. The predicted octanol–water partition coefficient (Wildman–Crippen LogP) is 8.93. The number of hydrogen-bond acceptors (Lipinski definition) is 9. The fourth-order valence-corrected chi connectivity index (χ4v) is 8.79. The van der Waals surface area contributed by atoms with Crippen LogP contribution in [0.4, 0.5) is 10.6 Å². The lowest BCUT2D eigenvalue weighted by atomic mass is 9.91. The number of aliphatic hydroxyl groups is 2. The van der Waals surface area contributed by atoms with E-state index in [2.05, 4.69) is 15.5 Å². The van der Waals surface area contributed by atoms with Crippen molar-refractivity contribution in [3.05, 3.63) is 125 Å². The van der Waals surface area contributed by atoms with Crippen LogP contribution in [0.5, 0.6) is 5.75 Å². The Morgan fingerprint density at radius 1 is 0.746 bits per heavy atom. The molecule has 59 heavy (non-hydrogen) atoms. The van der Waals surface area contributed by atoms with Crippen molar-refractivity contribution in [3.8, 4) is 5.75 Å². The minimum absolute atomic E-state index is 0.104. The number of amides is 2. The summed E-state index contributed by atoms with van der Waals surface area (Å²) in [5.41, 5.74) is 4.29. The van der Waals surface area contributed by atoms with Crippen molar-refractivity contribution >= 4 is 30.3 Å². The second kappa shape index (κ2) is 21.0. The van der Waals surface area contributed by atoms with Crippen molar-refractivity contribution < 1.29 is 33.4 Å². The normalized spacial score (nSPS) is 18.7. The van der Waals surface area contributed by atoms with Gasteiger partial charge in [0.15, 0.2) is 12.2 Å². The first-order chi connectivity index (χ1) is 28.6. The number of aromatic nitrogens is 2. The highest BCUT2D eigenvalue weighted by molar-refractivity contribution is 7.53. The Balaban J connectivity index is 1.35. The molecule has 1 aliphatic heterocycles. The van der Waals surface area contributed by atoms with Crippen LogP contribution >= 0.6 is 7.60 Å². The van der Waals surface area contributed by atoms with Gasteiger partial charge in [-0.25, -0.2) is 4.79 Å². The maximum atomic E-state index is 15.4. The van der Waals surface area contributed by atoms with E-state index in [-0.39, 0.29) is 31.5 Å². The number of nitrogens with one attached hydrogen (secondary N) is 2. The molecule has 4 atom stereocenters. The molecule has 0 aliphatic carbocycles. The Kier molecular flexibility index (Phi) is 15.6. The lowest BCUT2D eigenvalue weighted by molar-refractivity contribution is -0.0408. The summed E-state index contributed by atoms with van der Waals surface area (Å²) in [7, 11) is -3.54. The van der Waals surface area contributed by atoms with E-state index in [4.69, 9.17) is 13.8 Å². The number of H-pyrrole nitrogens is 1. The summed E-state index contributed by atoms with van der Waals surface area (Å²) in [4.78, 5) is 18.8. The fourth-order valence-electron chi connectivity index (χ4n) is 7.45. The van der Waals surface area contributed by atoms with E-state index in [1.54, 1.807) is 15.9 Å². The predicted molar refractivity (Wildman–Crippen MR) is 232 cm³/mol. The Hall–Kier alpha value is -4.71. The van der Waals surface area contributed by atoms with Gasteiger partial charge < -0.3 is 39.1 Å². The van der Waals surface area contributed by atoms with E-state index in [1.807, 2.05) is 125 Å². The highest BCUT2D eigenvalue weighted by atomic mass is 31.2. The molecule has 12 nitrogen and oxygen atoms in total. The summed E-state index contributed by atoms with van der Waals surface area (Å²) in [6.07, 6.45) is 1.11. The zero-order chi connectivity index (χ0) is 41.8. The number of rotatable bonds is 21. The van der Waals surface area contributed by atoms with Crippen molar-refractivity contribution in [2.24, 2.45) is 0 Å². The van der Waals surface area contributed by atoms with Crippen LogP contribution in [0.3, 0.4) is 0 Å². The topological polar surface area (TPSA) is 149 Å². The molecule has 0 spiro atoms. The first-order valence-corrected chi connectivity index (χ1v) is 22.6. The Labute approximate surface area is 348 Å². The molecule has 316 valence electrons. The van der Waals surface area contributed by atoms with Crippen molar-refractivity contribution in [1.82, 2.24) is 20.0 Å². The molecule has 4 N–H and O–H groups in total. The molecular weight excluding hydrogens is 766 g/mol. The van der Waals surface area contributed by atoms with Gasteiger partial charge >= 0.3 is 13.6 Å². The fraction of sp³-hybridized carbons (Fsp3) is 0.435. The number of unbranched alkanes of at least 4 members (excludes halogenated alkanes) is 2. The summed E-state index contributed by atoms with van der Waals surface area (Å²) in [5.74, 6) is 1.17. The van der Waals surface area contributed by atoms with Gasteiger partial charge in [0.05, 0.1) is 30.8 Å². The van der Waals surface area contributed by atoms with Gasteiger partial charge in [-0.05, 0) is 86.1 Å². The van der Waals surface area contributed by atoms with Crippen LogP contribution in [0.25, 0.3) is 10.9 Å². The molecular formula is C46H60N5O7P. The quantitative estimate of drug-likeness (QED) is 0.0420. The third kappa shape index (κ3) is 11.7. The number of anilines is 1. The summed E-state index contributed by atoms with van der Waals surface area (Å²) in [6, 6.07) is 31.0. The second-order valence-corrected chi connectivity index (χ2v) is 17.7. The van der Waals surface area contributed by atoms with Crippen molar-refractivity contribution in [2.75, 3.05) is 24.9 Å². The molecule has 5 aromatic rings. The molecule has 0 radical (unpaired) electrons. The Morgan fingerprint density at radius 2 is 1.29 bits per heavy atom. The lowest BCUT2D eigenvalue weighted by Crippen LogP contribution is -2.50. The highest BCUT2D eigenvalue weighted by Crippen LogP contribution is 2.48. The molecule has 1 saturated heterocycles. The van der Waals surface area contributed by atoms with Gasteiger partial charge in [-0.1, -0.05) is 106 Å². The minimum Gasteiger partial charge on any atom is -0.481 e. The van der Waals surface area contributed by atoms with Crippen LogP contribution in [0.2, 0.25) is 0 Å². The van der Waals surface area contributed by atoms with Crippen molar-refractivity contribution in [2.45, 2.75) is 110 Å². The number of aromatic amines is 1. The zero-order valence-corrected chi connectivity index (χ0v) is 35.6. The Morgan fingerprint density at radius 3 is 1.83 bits per heavy atom. The van der Waals surface area contributed by atoms with Crippen LogP contribution in [0.15, 0.2) is 103 Å². The minimum atomic E-state index is -3.54.